The molecular weight excluding hydrogens is 228 g/mol. The maximum atomic E-state index is 10.4. The van der Waals surface area contributed by atoms with E-state index in [4.69, 9.17) is 10.2 Å². The minimum Gasteiger partial charge on any atom is -0.481 e. The second-order valence-corrected chi connectivity index (χ2v) is 2.98. The molecule has 0 saturated heterocycles. The Kier molecular flexibility index (Phi) is 9.30. The molecule has 0 spiro atoms. The summed E-state index contributed by atoms with van der Waals surface area (Å²) < 4.78 is 4.56. The van der Waals surface area contributed by atoms with Crippen molar-refractivity contribution in [2.75, 3.05) is 6.61 Å². The van der Waals surface area contributed by atoms with E-state index in [9.17, 15) is 14.4 Å². The van der Waals surface area contributed by atoms with Crippen LogP contribution in [0.25, 0.3) is 0 Å². The number of carbonyl (C=O) groups is 3. The van der Waals surface area contributed by atoms with Gasteiger partial charge in [0, 0.05) is 11.1 Å². The Bertz CT molecular complexity index is 329. The molecule has 0 aliphatic carbocycles. The molecule has 0 aliphatic rings. The topological polar surface area (TPSA) is 101 Å². The highest BCUT2D eigenvalue weighted by Crippen LogP contribution is 1.95. The van der Waals surface area contributed by atoms with Crippen LogP contribution in [0.15, 0.2) is 24.3 Å². The van der Waals surface area contributed by atoms with E-state index in [0.717, 1.165) is 0 Å². The summed E-state index contributed by atoms with van der Waals surface area (Å²) >= 11 is 0. The molecule has 17 heavy (non-hydrogen) atoms. The second kappa shape index (κ2) is 9.14. The van der Waals surface area contributed by atoms with Crippen LogP contribution in [-0.4, -0.2) is 34.7 Å². The van der Waals surface area contributed by atoms with Gasteiger partial charge in [0.25, 0.3) is 0 Å². The number of aliphatic carboxylic acids is 2. The summed E-state index contributed by atoms with van der Waals surface area (Å²) in [5, 5.41) is 16.1. The fourth-order valence-corrected chi connectivity index (χ4v) is 0.512. The zero-order chi connectivity index (χ0) is 14.0. The van der Waals surface area contributed by atoms with Gasteiger partial charge in [-0.25, -0.2) is 9.59 Å². The number of esters is 1. The van der Waals surface area contributed by atoms with Gasteiger partial charge in [-0.2, -0.15) is 0 Å². The Hall–Kier alpha value is -2.11. The van der Waals surface area contributed by atoms with E-state index in [1.807, 2.05) is 0 Å². The number of hydrogen-bond acceptors (Lipinski definition) is 4. The van der Waals surface area contributed by atoms with Crippen molar-refractivity contribution in [1.82, 2.24) is 0 Å². The third-order valence-electron chi connectivity index (χ3n) is 1.29. The van der Waals surface area contributed by atoms with E-state index in [1.165, 1.54) is 0 Å². The lowest BCUT2D eigenvalue weighted by Crippen LogP contribution is -2.04. The summed E-state index contributed by atoms with van der Waals surface area (Å²) in [6.45, 7) is 10.2. The molecule has 2 N–H and O–H groups in total. The lowest BCUT2D eigenvalue weighted by Gasteiger charge is -1.96. The van der Waals surface area contributed by atoms with Gasteiger partial charge in [-0.15, -0.1) is 0 Å². The van der Waals surface area contributed by atoms with Crippen LogP contribution < -0.4 is 0 Å². The number of carbonyl (C=O) groups excluding carboxylic acids is 1. The van der Waals surface area contributed by atoms with Gasteiger partial charge in [0.2, 0.25) is 0 Å². The van der Waals surface area contributed by atoms with Gasteiger partial charge in [-0.1, -0.05) is 13.2 Å². The smallest absolute Gasteiger partial charge is 0.333 e. The summed E-state index contributed by atoms with van der Waals surface area (Å²) in [6, 6.07) is 0. The minimum absolute atomic E-state index is 0.303. The molecule has 0 heterocycles. The zero-order valence-electron chi connectivity index (χ0n) is 9.86. The van der Waals surface area contributed by atoms with Crippen LogP contribution in [0, 0.1) is 0 Å². The summed E-state index contributed by atoms with van der Waals surface area (Å²) in [6.07, 6.45) is -0.505. The molecule has 6 nitrogen and oxygen atoms in total. The number of rotatable bonds is 5. The van der Waals surface area contributed by atoms with E-state index >= 15 is 0 Å². The standard InChI is InChI=1S/C6H10O2.C5H6O4/c1-4-8-6(7)5(2)3;1-3(5(8)9)2-4(6)7/h2,4H2,1,3H3;1-2H2,(H,6,7)(H,8,9). The Labute approximate surface area is 99.2 Å². The fraction of sp³-hybridized carbons (Fsp3) is 0.364. The molecule has 0 aliphatic heterocycles. The van der Waals surface area contributed by atoms with E-state index < -0.39 is 18.4 Å². The lowest BCUT2D eigenvalue weighted by molar-refractivity contribution is -0.139. The van der Waals surface area contributed by atoms with Gasteiger partial charge in [-0.3, -0.25) is 4.79 Å². The van der Waals surface area contributed by atoms with Crippen LogP contribution in [0.4, 0.5) is 0 Å². The second-order valence-electron chi connectivity index (χ2n) is 2.98. The Morgan fingerprint density at radius 3 is 1.76 bits per heavy atom. The van der Waals surface area contributed by atoms with E-state index in [-0.39, 0.29) is 11.5 Å². The summed E-state index contributed by atoms with van der Waals surface area (Å²) in [7, 11) is 0. The molecule has 0 fully saturated rings. The fourth-order valence-electron chi connectivity index (χ4n) is 0.512. The molecule has 96 valence electrons. The highest BCUT2D eigenvalue weighted by Gasteiger charge is 2.07. The highest BCUT2D eigenvalue weighted by molar-refractivity contribution is 5.91. The summed E-state index contributed by atoms with van der Waals surface area (Å²) in [5.41, 5.74) is 0.148. The molecule has 0 atom stereocenters. The average Bonchev–Trinajstić information content (AvgIpc) is 2.17. The molecule has 0 rings (SSSR count). The molecule has 0 bridgehead atoms. The van der Waals surface area contributed by atoms with E-state index in [1.54, 1.807) is 13.8 Å². The highest BCUT2D eigenvalue weighted by atomic mass is 16.5. The van der Waals surface area contributed by atoms with Gasteiger partial charge >= 0.3 is 17.9 Å². The van der Waals surface area contributed by atoms with Gasteiger partial charge in [-0.05, 0) is 13.8 Å². The molecule has 0 unspecified atom stereocenters. The monoisotopic (exact) mass is 244 g/mol. The molecule has 0 amide bonds. The summed E-state index contributed by atoms with van der Waals surface area (Å²) in [4.78, 5) is 30.1. The van der Waals surface area contributed by atoms with Crippen molar-refractivity contribution in [2.24, 2.45) is 0 Å². The van der Waals surface area contributed by atoms with Gasteiger partial charge < -0.3 is 14.9 Å². The third-order valence-corrected chi connectivity index (χ3v) is 1.29. The predicted molar refractivity (Wildman–Crippen MR) is 60.5 cm³/mol. The first-order chi connectivity index (χ1) is 7.72. The van der Waals surface area contributed by atoms with E-state index in [2.05, 4.69) is 17.9 Å². The van der Waals surface area contributed by atoms with Crippen LogP contribution in [-0.2, 0) is 19.1 Å². The Morgan fingerprint density at radius 2 is 1.65 bits per heavy atom. The normalized spacial score (nSPS) is 8.35. The first-order valence-electron chi connectivity index (χ1n) is 4.67. The molecule has 0 saturated carbocycles. The number of hydrogen-bond donors (Lipinski definition) is 2. The molecular formula is C11H16O6. The predicted octanol–water partition coefficient (Wildman–Crippen LogP) is 1.23. The van der Waals surface area contributed by atoms with Crippen molar-refractivity contribution in [3.05, 3.63) is 24.3 Å². The molecule has 0 radical (unpaired) electrons. The molecule has 0 aromatic carbocycles. The van der Waals surface area contributed by atoms with E-state index in [0.29, 0.717) is 12.2 Å². The quantitative estimate of drug-likeness (QED) is 0.557. The van der Waals surface area contributed by atoms with Gasteiger partial charge in [0.15, 0.2) is 0 Å². The third kappa shape index (κ3) is 11.8. The van der Waals surface area contributed by atoms with Crippen molar-refractivity contribution in [3.63, 3.8) is 0 Å². The molecule has 6 heteroatoms. The van der Waals surface area contributed by atoms with Crippen molar-refractivity contribution in [2.45, 2.75) is 20.3 Å². The van der Waals surface area contributed by atoms with Crippen molar-refractivity contribution in [3.8, 4) is 0 Å². The zero-order valence-corrected chi connectivity index (χ0v) is 9.86. The number of carboxylic acid groups (broad SMARTS) is 2. The minimum atomic E-state index is -1.27. The van der Waals surface area contributed by atoms with Gasteiger partial charge in [0.05, 0.1) is 13.0 Å². The van der Waals surface area contributed by atoms with Crippen LogP contribution >= 0.6 is 0 Å². The first-order valence-corrected chi connectivity index (χ1v) is 4.67. The van der Waals surface area contributed by atoms with Crippen LogP contribution in [0.3, 0.4) is 0 Å². The SMILES string of the molecule is C=C(C)C(=O)OCC.C=C(CC(=O)O)C(=O)O. The van der Waals surface area contributed by atoms with Crippen molar-refractivity contribution in [1.29, 1.82) is 0 Å². The largest absolute Gasteiger partial charge is 0.481 e. The summed E-state index contributed by atoms with van der Waals surface area (Å²) in [5.74, 6) is -2.76. The van der Waals surface area contributed by atoms with Crippen molar-refractivity contribution >= 4 is 17.9 Å². The Morgan fingerprint density at radius 1 is 1.18 bits per heavy atom. The Balaban J connectivity index is 0. The molecule has 0 aromatic rings. The van der Waals surface area contributed by atoms with Gasteiger partial charge in [0.1, 0.15) is 0 Å². The van der Waals surface area contributed by atoms with Crippen LogP contribution in [0.2, 0.25) is 0 Å². The number of carboxylic acids is 2. The maximum Gasteiger partial charge on any atom is 0.333 e. The van der Waals surface area contributed by atoms with Crippen LogP contribution in [0.1, 0.15) is 20.3 Å². The van der Waals surface area contributed by atoms with Crippen LogP contribution in [0.5, 0.6) is 0 Å². The average molecular weight is 244 g/mol. The van der Waals surface area contributed by atoms with Crippen molar-refractivity contribution < 1.29 is 29.3 Å². The molecule has 0 aromatic heterocycles. The maximum absolute atomic E-state index is 10.4. The first kappa shape index (κ1) is 17.3. The lowest BCUT2D eigenvalue weighted by atomic mass is 10.2. The number of ether oxygens (including phenoxy) is 1.